The Labute approximate surface area is 60.8 Å². The fraction of sp³-hybridized carbons (Fsp3) is 0.714. The lowest BCUT2D eigenvalue weighted by Gasteiger charge is -1.88. The fourth-order valence-corrected chi connectivity index (χ4v) is 0.628. The first kappa shape index (κ1) is 9.14. The van der Waals surface area contributed by atoms with Gasteiger partial charge in [-0.05, 0) is 12.8 Å². The Morgan fingerprint density at radius 1 is 1.60 bits per heavy atom. The molecular weight excluding hydrogens is 130 g/mol. The van der Waals surface area contributed by atoms with E-state index in [0.717, 1.165) is 25.7 Å². The van der Waals surface area contributed by atoms with Crippen LogP contribution in [0.2, 0.25) is 0 Å². The third-order valence-electron chi connectivity index (χ3n) is 1.14. The number of amides is 1. The third kappa shape index (κ3) is 7.14. The van der Waals surface area contributed by atoms with Crippen LogP contribution < -0.4 is 0 Å². The van der Waals surface area contributed by atoms with Crippen molar-refractivity contribution in [2.24, 2.45) is 4.99 Å². The van der Waals surface area contributed by atoms with E-state index in [1.807, 2.05) is 0 Å². The first-order valence-corrected chi connectivity index (χ1v) is 3.52. The molecule has 0 unspecified atom stereocenters. The number of hydrogen-bond donors (Lipinski definition) is 1. The normalized spacial score (nSPS) is 10.5. The van der Waals surface area contributed by atoms with Gasteiger partial charge in [0.2, 0.25) is 0 Å². The highest BCUT2D eigenvalue weighted by Gasteiger charge is 1.85. The Balaban J connectivity index is 3.10. The Morgan fingerprint density at radius 3 is 2.80 bits per heavy atom. The summed E-state index contributed by atoms with van der Waals surface area (Å²) in [7, 11) is 0. The highest BCUT2D eigenvalue weighted by Crippen LogP contribution is 1.95. The quantitative estimate of drug-likeness (QED) is 0.485. The average molecular weight is 143 g/mol. The zero-order valence-electron chi connectivity index (χ0n) is 6.21. The number of carboxylic acid groups (broad SMARTS) is 1. The van der Waals surface area contributed by atoms with E-state index >= 15 is 0 Å². The van der Waals surface area contributed by atoms with Crippen LogP contribution in [0.3, 0.4) is 0 Å². The van der Waals surface area contributed by atoms with Crippen LogP contribution in [0, 0.1) is 0 Å². The van der Waals surface area contributed by atoms with Crippen LogP contribution in [0.1, 0.15) is 32.6 Å². The fourth-order valence-electron chi connectivity index (χ4n) is 0.628. The molecule has 0 aliphatic heterocycles. The van der Waals surface area contributed by atoms with Gasteiger partial charge in [-0.3, -0.25) is 0 Å². The highest BCUT2D eigenvalue weighted by molar-refractivity contribution is 5.77. The summed E-state index contributed by atoms with van der Waals surface area (Å²) in [5.41, 5.74) is 0. The molecule has 0 radical (unpaired) electrons. The number of rotatable bonds is 4. The third-order valence-corrected chi connectivity index (χ3v) is 1.14. The molecule has 3 nitrogen and oxygen atoms in total. The Hall–Kier alpha value is -0.860. The van der Waals surface area contributed by atoms with Crippen molar-refractivity contribution in [3.8, 4) is 0 Å². The van der Waals surface area contributed by atoms with Crippen molar-refractivity contribution in [2.45, 2.75) is 32.6 Å². The summed E-state index contributed by atoms with van der Waals surface area (Å²) in [6.07, 6.45) is 4.47. The monoisotopic (exact) mass is 143 g/mol. The van der Waals surface area contributed by atoms with Gasteiger partial charge in [-0.25, -0.2) is 4.79 Å². The van der Waals surface area contributed by atoms with Crippen LogP contribution in [0.4, 0.5) is 4.79 Å². The molecule has 0 atom stereocenters. The van der Waals surface area contributed by atoms with Gasteiger partial charge in [-0.1, -0.05) is 19.8 Å². The predicted molar refractivity (Wildman–Crippen MR) is 40.7 cm³/mol. The standard InChI is InChI=1S/C7H13NO2/c1-2-3-4-5-6-8-7(9)10/h6H,2-5H2,1H3,(H,9,10). The molecule has 58 valence electrons. The summed E-state index contributed by atoms with van der Waals surface area (Å²) in [5.74, 6) is 0. The van der Waals surface area contributed by atoms with Crippen LogP contribution in [0.25, 0.3) is 0 Å². The molecule has 0 aromatic carbocycles. The van der Waals surface area contributed by atoms with Crippen molar-refractivity contribution >= 4 is 12.3 Å². The van der Waals surface area contributed by atoms with E-state index in [9.17, 15) is 4.79 Å². The first-order chi connectivity index (χ1) is 4.77. The van der Waals surface area contributed by atoms with E-state index in [1.165, 1.54) is 6.21 Å². The van der Waals surface area contributed by atoms with Crippen molar-refractivity contribution in [1.82, 2.24) is 0 Å². The molecule has 0 aromatic heterocycles. The van der Waals surface area contributed by atoms with Gasteiger partial charge in [-0.15, -0.1) is 0 Å². The zero-order valence-corrected chi connectivity index (χ0v) is 6.21. The summed E-state index contributed by atoms with van der Waals surface area (Å²) in [6.45, 7) is 2.11. The molecular formula is C7H13NO2. The number of nitrogens with zero attached hydrogens (tertiary/aromatic N) is 1. The molecule has 0 fully saturated rings. The van der Waals surface area contributed by atoms with Gasteiger partial charge in [0.05, 0.1) is 0 Å². The highest BCUT2D eigenvalue weighted by atomic mass is 16.4. The molecule has 1 N–H and O–H groups in total. The van der Waals surface area contributed by atoms with E-state index in [0.29, 0.717) is 0 Å². The van der Waals surface area contributed by atoms with Gasteiger partial charge in [0, 0.05) is 6.21 Å². The second-order valence-corrected chi connectivity index (χ2v) is 2.09. The maximum Gasteiger partial charge on any atom is 0.430 e. The lowest BCUT2D eigenvalue weighted by atomic mass is 10.2. The SMILES string of the molecule is CCCCCC=NC(=O)O. The lowest BCUT2D eigenvalue weighted by Crippen LogP contribution is -1.86. The predicted octanol–water partition coefficient (Wildman–Crippen LogP) is 2.32. The van der Waals surface area contributed by atoms with Crippen molar-refractivity contribution in [1.29, 1.82) is 0 Å². The Bertz CT molecular complexity index is 121. The Kier molecular flexibility index (Phi) is 5.72. The van der Waals surface area contributed by atoms with Crippen LogP contribution in [0.5, 0.6) is 0 Å². The van der Waals surface area contributed by atoms with Crippen molar-refractivity contribution in [3.05, 3.63) is 0 Å². The minimum atomic E-state index is -1.10. The summed E-state index contributed by atoms with van der Waals surface area (Å²) in [4.78, 5) is 13.0. The Morgan fingerprint density at radius 2 is 2.30 bits per heavy atom. The van der Waals surface area contributed by atoms with E-state index in [-0.39, 0.29) is 0 Å². The molecule has 1 amide bonds. The van der Waals surface area contributed by atoms with E-state index in [2.05, 4.69) is 11.9 Å². The second kappa shape index (κ2) is 6.26. The molecule has 0 aliphatic carbocycles. The van der Waals surface area contributed by atoms with E-state index in [1.54, 1.807) is 0 Å². The smallest absolute Gasteiger partial charge is 0.430 e. The second-order valence-electron chi connectivity index (χ2n) is 2.09. The molecule has 0 saturated heterocycles. The topological polar surface area (TPSA) is 49.7 Å². The largest absolute Gasteiger partial charge is 0.463 e. The van der Waals surface area contributed by atoms with Gasteiger partial charge < -0.3 is 5.11 Å². The number of carbonyl (C=O) groups is 1. The van der Waals surface area contributed by atoms with Gasteiger partial charge in [0.1, 0.15) is 0 Å². The van der Waals surface area contributed by atoms with Crippen LogP contribution in [-0.4, -0.2) is 17.4 Å². The number of aliphatic imine (C=N–C) groups is 1. The summed E-state index contributed by atoms with van der Waals surface area (Å²) in [5, 5.41) is 8.07. The van der Waals surface area contributed by atoms with Crippen molar-refractivity contribution in [2.75, 3.05) is 0 Å². The van der Waals surface area contributed by atoms with Gasteiger partial charge in [0.25, 0.3) is 0 Å². The maximum absolute atomic E-state index is 9.83. The molecule has 0 spiro atoms. The minimum Gasteiger partial charge on any atom is -0.463 e. The summed E-state index contributed by atoms with van der Waals surface area (Å²) >= 11 is 0. The molecule has 0 rings (SSSR count). The summed E-state index contributed by atoms with van der Waals surface area (Å²) < 4.78 is 0. The van der Waals surface area contributed by atoms with Gasteiger partial charge in [0.15, 0.2) is 0 Å². The lowest BCUT2D eigenvalue weighted by molar-refractivity contribution is 0.206. The van der Waals surface area contributed by atoms with Crippen molar-refractivity contribution in [3.63, 3.8) is 0 Å². The first-order valence-electron chi connectivity index (χ1n) is 3.52. The molecule has 0 aliphatic rings. The molecule has 0 saturated carbocycles. The van der Waals surface area contributed by atoms with E-state index in [4.69, 9.17) is 5.11 Å². The summed E-state index contributed by atoms with van der Waals surface area (Å²) in [6, 6.07) is 0. The van der Waals surface area contributed by atoms with Crippen molar-refractivity contribution < 1.29 is 9.90 Å². The molecule has 3 heteroatoms. The zero-order chi connectivity index (χ0) is 7.82. The van der Waals surface area contributed by atoms with Crippen LogP contribution in [0.15, 0.2) is 4.99 Å². The molecule has 10 heavy (non-hydrogen) atoms. The van der Waals surface area contributed by atoms with Gasteiger partial charge in [-0.2, -0.15) is 4.99 Å². The van der Waals surface area contributed by atoms with Crippen LogP contribution in [-0.2, 0) is 0 Å². The molecule has 0 bridgehead atoms. The average Bonchev–Trinajstić information content (AvgIpc) is 1.87. The minimum absolute atomic E-state index is 0.778. The van der Waals surface area contributed by atoms with E-state index < -0.39 is 6.09 Å². The molecule has 0 aromatic rings. The van der Waals surface area contributed by atoms with Crippen LogP contribution >= 0.6 is 0 Å². The van der Waals surface area contributed by atoms with Gasteiger partial charge >= 0.3 is 6.09 Å². The maximum atomic E-state index is 9.83. The molecule has 0 heterocycles. The number of hydrogen-bond acceptors (Lipinski definition) is 1. The number of unbranched alkanes of at least 4 members (excludes halogenated alkanes) is 3.